The number of nitrogens with one attached hydrogen (secondary N) is 2. The van der Waals surface area contributed by atoms with Crippen molar-refractivity contribution in [3.63, 3.8) is 0 Å². The summed E-state index contributed by atoms with van der Waals surface area (Å²) in [5.74, 6) is 0.706. The third-order valence-corrected chi connectivity index (χ3v) is 5.50. The summed E-state index contributed by atoms with van der Waals surface area (Å²) in [6.45, 7) is 1.99. The normalized spacial score (nSPS) is 25.4. The maximum atomic E-state index is 12.8. The van der Waals surface area contributed by atoms with E-state index >= 15 is 0 Å². The lowest BCUT2D eigenvalue weighted by atomic mass is 9.97. The zero-order valence-corrected chi connectivity index (χ0v) is 17.0. The Hall–Kier alpha value is -3.28. The first-order valence-electron chi connectivity index (χ1n) is 10.3. The Morgan fingerprint density at radius 2 is 1.53 bits per heavy atom. The van der Waals surface area contributed by atoms with Gasteiger partial charge in [-0.2, -0.15) is 0 Å². The zero-order chi connectivity index (χ0) is 20.9. The van der Waals surface area contributed by atoms with E-state index in [9.17, 15) is 9.59 Å². The molecule has 3 atom stereocenters. The predicted molar refractivity (Wildman–Crippen MR) is 113 cm³/mol. The largest absolute Gasteiger partial charge is 0.454 e. The van der Waals surface area contributed by atoms with Gasteiger partial charge in [0.1, 0.15) is 0 Å². The van der Waals surface area contributed by atoms with Crippen LogP contribution in [0.25, 0.3) is 0 Å². The van der Waals surface area contributed by atoms with Gasteiger partial charge in [-0.1, -0.05) is 55.5 Å². The van der Waals surface area contributed by atoms with Gasteiger partial charge in [0.15, 0.2) is 11.5 Å². The highest BCUT2D eigenvalue weighted by atomic mass is 16.7. The Labute approximate surface area is 176 Å². The van der Waals surface area contributed by atoms with E-state index in [0.717, 1.165) is 11.1 Å². The van der Waals surface area contributed by atoms with E-state index in [1.54, 1.807) is 6.92 Å². The SMILES string of the molecule is C[C@H]1CC(=O)N[C@H](c2ccccc2)C/C=C\C[C@@H](c2ccc3c(c2)OCO3)NC1=O. The lowest BCUT2D eigenvalue weighted by Gasteiger charge is -2.23. The van der Waals surface area contributed by atoms with Crippen LogP contribution in [0.15, 0.2) is 60.7 Å². The Morgan fingerprint density at radius 3 is 2.30 bits per heavy atom. The molecule has 2 amide bonds. The summed E-state index contributed by atoms with van der Waals surface area (Å²) in [6.07, 6.45) is 5.60. The number of rotatable bonds is 2. The van der Waals surface area contributed by atoms with E-state index in [4.69, 9.17) is 9.47 Å². The van der Waals surface area contributed by atoms with E-state index in [-0.39, 0.29) is 37.1 Å². The molecule has 2 N–H and O–H groups in total. The molecule has 0 saturated carbocycles. The van der Waals surface area contributed by atoms with Gasteiger partial charge in [-0.05, 0) is 36.1 Å². The van der Waals surface area contributed by atoms with Crippen molar-refractivity contribution in [3.8, 4) is 11.5 Å². The molecule has 0 unspecified atom stereocenters. The standard InChI is InChI=1S/C24H26N2O4/c1-16-13-23(27)25-19(17-7-3-2-4-8-17)9-5-6-10-20(26-24(16)28)18-11-12-21-22(14-18)30-15-29-21/h2-8,11-12,14,16,19-20H,9-10,13,15H2,1H3,(H,25,27)(H,26,28)/b6-5-/t16-,19-,20-/m0/s1. The first-order valence-corrected chi connectivity index (χ1v) is 10.3. The topological polar surface area (TPSA) is 76.7 Å². The molecule has 4 rings (SSSR count). The van der Waals surface area contributed by atoms with Gasteiger partial charge >= 0.3 is 0 Å². The van der Waals surface area contributed by atoms with Crippen molar-refractivity contribution in [1.29, 1.82) is 0 Å². The van der Waals surface area contributed by atoms with E-state index in [0.29, 0.717) is 24.3 Å². The molecule has 6 nitrogen and oxygen atoms in total. The molecule has 0 spiro atoms. The Kier molecular flexibility index (Phi) is 6.02. The van der Waals surface area contributed by atoms with Crippen LogP contribution in [0, 0.1) is 5.92 Å². The van der Waals surface area contributed by atoms with Crippen molar-refractivity contribution in [3.05, 3.63) is 71.8 Å². The number of benzene rings is 2. The fraction of sp³-hybridized carbons (Fsp3) is 0.333. The van der Waals surface area contributed by atoms with Crippen LogP contribution in [0.5, 0.6) is 11.5 Å². The molecule has 0 aliphatic carbocycles. The van der Waals surface area contributed by atoms with Gasteiger partial charge in [-0.25, -0.2) is 0 Å². The summed E-state index contributed by atoms with van der Waals surface area (Å²) in [4.78, 5) is 25.3. The van der Waals surface area contributed by atoms with Crippen LogP contribution in [0.1, 0.15) is 49.4 Å². The van der Waals surface area contributed by atoms with Crippen molar-refractivity contribution in [1.82, 2.24) is 10.6 Å². The highest BCUT2D eigenvalue weighted by molar-refractivity contribution is 5.86. The minimum atomic E-state index is -0.429. The van der Waals surface area contributed by atoms with Crippen LogP contribution in [0.4, 0.5) is 0 Å². The van der Waals surface area contributed by atoms with E-state index in [1.165, 1.54) is 0 Å². The molecule has 0 aromatic heterocycles. The predicted octanol–water partition coefficient (Wildman–Crippen LogP) is 3.81. The number of hydrogen-bond donors (Lipinski definition) is 2. The van der Waals surface area contributed by atoms with Gasteiger partial charge in [0.05, 0.1) is 12.1 Å². The van der Waals surface area contributed by atoms with E-state index in [1.807, 2.05) is 48.5 Å². The number of fused-ring (bicyclic) bond motifs is 1. The highest BCUT2D eigenvalue weighted by Gasteiger charge is 2.24. The molecule has 2 aliphatic rings. The van der Waals surface area contributed by atoms with Crippen molar-refractivity contribution in [2.24, 2.45) is 5.92 Å². The summed E-state index contributed by atoms with van der Waals surface area (Å²) in [5, 5.41) is 6.16. The molecule has 156 valence electrons. The molecule has 0 bridgehead atoms. The second kappa shape index (κ2) is 9.03. The van der Waals surface area contributed by atoms with Gasteiger partial charge < -0.3 is 20.1 Å². The van der Waals surface area contributed by atoms with E-state index in [2.05, 4.69) is 22.8 Å². The smallest absolute Gasteiger partial charge is 0.231 e. The quantitative estimate of drug-likeness (QED) is 0.744. The van der Waals surface area contributed by atoms with Crippen LogP contribution in [-0.4, -0.2) is 18.6 Å². The molecule has 0 fully saturated rings. The molecular weight excluding hydrogens is 380 g/mol. The van der Waals surface area contributed by atoms with Crippen molar-refractivity contribution in [2.75, 3.05) is 6.79 Å². The summed E-state index contributed by atoms with van der Waals surface area (Å²) >= 11 is 0. The summed E-state index contributed by atoms with van der Waals surface area (Å²) in [5.41, 5.74) is 2.00. The maximum Gasteiger partial charge on any atom is 0.231 e. The maximum absolute atomic E-state index is 12.8. The van der Waals surface area contributed by atoms with Gasteiger partial charge in [0.2, 0.25) is 18.6 Å². The van der Waals surface area contributed by atoms with Crippen LogP contribution >= 0.6 is 0 Å². The average molecular weight is 406 g/mol. The van der Waals surface area contributed by atoms with E-state index < -0.39 is 5.92 Å². The lowest BCUT2D eigenvalue weighted by molar-refractivity contribution is -0.130. The lowest BCUT2D eigenvalue weighted by Crippen LogP contribution is -2.37. The Balaban J connectivity index is 1.58. The van der Waals surface area contributed by atoms with Gasteiger partial charge in [0, 0.05) is 12.3 Å². The first kappa shape index (κ1) is 20.0. The number of hydrogen-bond acceptors (Lipinski definition) is 4. The summed E-state index contributed by atoms with van der Waals surface area (Å²) in [7, 11) is 0. The highest BCUT2D eigenvalue weighted by Crippen LogP contribution is 2.35. The third kappa shape index (κ3) is 4.64. The summed E-state index contributed by atoms with van der Waals surface area (Å²) < 4.78 is 10.9. The van der Waals surface area contributed by atoms with Crippen LogP contribution in [0.3, 0.4) is 0 Å². The van der Waals surface area contributed by atoms with Gasteiger partial charge in [-0.3, -0.25) is 9.59 Å². The van der Waals surface area contributed by atoms with Crippen molar-refractivity contribution < 1.29 is 19.1 Å². The van der Waals surface area contributed by atoms with Crippen molar-refractivity contribution >= 4 is 11.8 Å². The zero-order valence-electron chi connectivity index (χ0n) is 17.0. The van der Waals surface area contributed by atoms with Crippen molar-refractivity contribution in [2.45, 2.75) is 38.3 Å². The molecule has 0 radical (unpaired) electrons. The Bertz CT molecular complexity index is 941. The van der Waals surface area contributed by atoms with Crippen LogP contribution in [-0.2, 0) is 9.59 Å². The molecule has 2 heterocycles. The minimum Gasteiger partial charge on any atom is -0.454 e. The molecule has 6 heteroatoms. The molecule has 2 aromatic rings. The number of ether oxygens (including phenoxy) is 2. The monoisotopic (exact) mass is 406 g/mol. The third-order valence-electron chi connectivity index (χ3n) is 5.50. The molecule has 2 aliphatic heterocycles. The van der Waals surface area contributed by atoms with Gasteiger partial charge in [-0.15, -0.1) is 0 Å². The average Bonchev–Trinajstić information content (AvgIpc) is 3.22. The fourth-order valence-electron chi connectivity index (χ4n) is 3.77. The molecule has 30 heavy (non-hydrogen) atoms. The second-order valence-electron chi connectivity index (χ2n) is 7.75. The van der Waals surface area contributed by atoms with Crippen LogP contribution < -0.4 is 20.1 Å². The van der Waals surface area contributed by atoms with Gasteiger partial charge in [0.25, 0.3) is 0 Å². The molecule has 2 aromatic carbocycles. The number of carbonyl (C=O) groups is 2. The Morgan fingerprint density at radius 1 is 0.833 bits per heavy atom. The number of carbonyl (C=O) groups excluding carboxylic acids is 2. The summed E-state index contributed by atoms with van der Waals surface area (Å²) in [6, 6.07) is 15.3. The number of amides is 2. The fourth-order valence-corrected chi connectivity index (χ4v) is 3.77. The molecular formula is C24H26N2O4. The molecule has 0 saturated heterocycles. The minimum absolute atomic E-state index is 0.117. The van der Waals surface area contributed by atoms with Crippen LogP contribution in [0.2, 0.25) is 0 Å². The first-order chi connectivity index (χ1) is 14.6. The second-order valence-corrected chi connectivity index (χ2v) is 7.75.